The van der Waals surface area contributed by atoms with Crippen LogP contribution in [0, 0.1) is 13.8 Å². The van der Waals surface area contributed by atoms with Crippen LogP contribution in [-0.4, -0.2) is 55.8 Å². The van der Waals surface area contributed by atoms with Crippen molar-refractivity contribution in [1.29, 1.82) is 0 Å². The van der Waals surface area contributed by atoms with Crippen molar-refractivity contribution >= 4 is 0 Å². The molecule has 21 heavy (non-hydrogen) atoms. The quantitative estimate of drug-likeness (QED) is 0.602. The van der Waals surface area contributed by atoms with Crippen molar-refractivity contribution in [3.8, 4) is 5.75 Å². The molecule has 0 radical (unpaired) electrons. The molecule has 120 valence electrons. The Morgan fingerprint density at radius 1 is 1.14 bits per heavy atom. The number of hydrogen-bond acceptors (Lipinski definition) is 5. The molecule has 0 heterocycles. The van der Waals surface area contributed by atoms with Crippen LogP contribution in [0.25, 0.3) is 0 Å². The number of aliphatic hydroxyl groups is 2. The molecule has 5 heteroatoms. The molecule has 0 aliphatic carbocycles. The molecule has 0 aromatic heterocycles. The molecule has 0 aliphatic rings. The number of rotatable bonds is 10. The molecule has 2 unspecified atom stereocenters. The van der Waals surface area contributed by atoms with Crippen molar-refractivity contribution < 1.29 is 19.7 Å². The summed E-state index contributed by atoms with van der Waals surface area (Å²) < 4.78 is 10.7. The van der Waals surface area contributed by atoms with Crippen LogP contribution < -0.4 is 10.1 Å². The maximum absolute atomic E-state index is 9.94. The van der Waals surface area contributed by atoms with E-state index in [2.05, 4.69) is 11.4 Å². The summed E-state index contributed by atoms with van der Waals surface area (Å²) in [5, 5.41) is 22.1. The van der Waals surface area contributed by atoms with E-state index in [1.54, 1.807) is 7.11 Å². The minimum atomic E-state index is -0.608. The van der Waals surface area contributed by atoms with E-state index < -0.39 is 6.10 Å². The van der Waals surface area contributed by atoms with Crippen molar-refractivity contribution in [3.05, 3.63) is 29.3 Å². The number of ether oxygens (including phenoxy) is 2. The van der Waals surface area contributed by atoms with E-state index in [1.807, 2.05) is 26.0 Å². The number of benzene rings is 1. The van der Waals surface area contributed by atoms with Crippen LogP contribution in [0.3, 0.4) is 0 Å². The molecule has 0 fully saturated rings. The number of methoxy groups -OCH3 is 1. The molecule has 0 saturated carbocycles. The third kappa shape index (κ3) is 7.43. The van der Waals surface area contributed by atoms with Gasteiger partial charge in [0.15, 0.2) is 0 Å². The van der Waals surface area contributed by atoms with Gasteiger partial charge in [0.2, 0.25) is 0 Å². The molecular weight excluding hydrogens is 270 g/mol. The van der Waals surface area contributed by atoms with Crippen molar-refractivity contribution in [2.75, 3.05) is 33.5 Å². The zero-order valence-electron chi connectivity index (χ0n) is 13.1. The van der Waals surface area contributed by atoms with E-state index in [4.69, 9.17) is 14.6 Å². The number of hydrogen-bond donors (Lipinski definition) is 3. The first-order valence-electron chi connectivity index (χ1n) is 7.27. The Labute approximate surface area is 126 Å². The molecule has 5 nitrogen and oxygen atoms in total. The fraction of sp³-hybridized carbons (Fsp3) is 0.625. The van der Waals surface area contributed by atoms with E-state index in [0.717, 1.165) is 16.9 Å². The first-order valence-corrected chi connectivity index (χ1v) is 7.27. The topological polar surface area (TPSA) is 71.0 Å². The lowest BCUT2D eigenvalue weighted by molar-refractivity contribution is 0.0919. The molecule has 0 amide bonds. The third-order valence-corrected chi connectivity index (χ3v) is 3.13. The van der Waals surface area contributed by atoms with Gasteiger partial charge < -0.3 is 25.0 Å². The highest BCUT2D eigenvalue weighted by atomic mass is 16.5. The minimum absolute atomic E-state index is 0.0378. The van der Waals surface area contributed by atoms with Gasteiger partial charge in [-0.2, -0.15) is 0 Å². The molecule has 0 aliphatic heterocycles. The minimum Gasteiger partial charge on any atom is -0.491 e. The van der Waals surface area contributed by atoms with Crippen LogP contribution in [0.5, 0.6) is 5.75 Å². The first-order chi connectivity index (χ1) is 10.0. The zero-order chi connectivity index (χ0) is 15.7. The lowest BCUT2D eigenvalue weighted by Gasteiger charge is -2.19. The first kappa shape index (κ1) is 17.9. The Bertz CT molecular complexity index is 385. The van der Waals surface area contributed by atoms with Crippen LogP contribution >= 0.6 is 0 Å². The van der Waals surface area contributed by atoms with Gasteiger partial charge in [0.05, 0.1) is 6.61 Å². The SMILES string of the molecule is COCC(CCO)NCC(O)COc1cc(C)cc(C)c1. The van der Waals surface area contributed by atoms with E-state index >= 15 is 0 Å². The lowest BCUT2D eigenvalue weighted by Crippen LogP contribution is -2.40. The molecule has 1 aromatic rings. The fourth-order valence-electron chi connectivity index (χ4n) is 2.17. The molecule has 0 saturated heterocycles. The zero-order valence-corrected chi connectivity index (χ0v) is 13.1. The maximum Gasteiger partial charge on any atom is 0.119 e. The molecule has 2 atom stereocenters. The van der Waals surface area contributed by atoms with Crippen LogP contribution in [0.15, 0.2) is 18.2 Å². The van der Waals surface area contributed by atoms with Crippen molar-refractivity contribution in [1.82, 2.24) is 5.32 Å². The second-order valence-corrected chi connectivity index (χ2v) is 5.36. The molecule has 1 aromatic carbocycles. The van der Waals surface area contributed by atoms with Crippen LogP contribution in [0.1, 0.15) is 17.5 Å². The highest BCUT2D eigenvalue weighted by molar-refractivity contribution is 5.32. The largest absolute Gasteiger partial charge is 0.491 e. The van der Waals surface area contributed by atoms with Gasteiger partial charge in [0.1, 0.15) is 18.5 Å². The fourth-order valence-corrected chi connectivity index (χ4v) is 2.17. The van der Waals surface area contributed by atoms with Crippen molar-refractivity contribution in [3.63, 3.8) is 0 Å². The predicted octanol–water partition coefficient (Wildman–Crippen LogP) is 1.03. The molecular formula is C16H27NO4. The third-order valence-electron chi connectivity index (χ3n) is 3.13. The summed E-state index contributed by atoms with van der Waals surface area (Å²) in [5.41, 5.74) is 2.28. The summed E-state index contributed by atoms with van der Waals surface area (Å²) in [4.78, 5) is 0. The van der Waals surface area contributed by atoms with Gasteiger partial charge in [0.25, 0.3) is 0 Å². The van der Waals surface area contributed by atoms with Gasteiger partial charge in [0, 0.05) is 26.3 Å². The van der Waals surface area contributed by atoms with E-state index in [1.165, 1.54) is 0 Å². The van der Waals surface area contributed by atoms with E-state index in [9.17, 15) is 5.11 Å². The molecule has 0 spiro atoms. The highest BCUT2D eigenvalue weighted by Gasteiger charge is 2.11. The Morgan fingerprint density at radius 2 is 1.81 bits per heavy atom. The normalized spacial score (nSPS) is 14.0. The summed E-state index contributed by atoms with van der Waals surface area (Å²) in [6.07, 6.45) is -0.0118. The summed E-state index contributed by atoms with van der Waals surface area (Å²) >= 11 is 0. The standard InChI is InChI=1S/C16H27NO4/c1-12-6-13(2)8-16(7-12)21-11-15(19)9-17-14(4-5-18)10-20-3/h6-8,14-15,17-19H,4-5,9-11H2,1-3H3. The second kappa shape index (κ2) is 9.73. The van der Waals surface area contributed by atoms with Crippen LogP contribution in [-0.2, 0) is 4.74 Å². The lowest BCUT2D eigenvalue weighted by atomic mass is 10.1. The molecule has 1 rings (SSSR count). The van der Waals surface area contributed by atoms with Crippen molar-refractivity contribution in [2.45, 2.75) is 32.4 Å². The van der Waals surface area contributed by atoms with Gasteiger partial charge in [-0.1, -0.05) is 6.07 Å². The van der Waals surface area contributed by atoms with Gasteiger partial charge in [-0.15, -0.1) is 0 Å². The van der Waals surface area contributed by atoms with Gasteiger partial charge >= 0.3 is 0 Å². The van der Waals surface area contributed by atoms with Gasteiger partial charge in [-0.3, -0.25) is 0 Å². The van der Waals surface area contributed by atoms with E-state index in [0.29, 0.717) is 19.6 Å². The smallest absolute Gasteiger partial charge is 0.119 e. The second-order valence-electron chi connectivity index (χ2n) is 5.36. The van der Waals surface area contributed by atoms with Crippen LogP contribution in [0.2, 0.25) is 0 Å². The Balaban J connectivity index is 2.34. The number of aryl methyl sites for hydroxylation is 2. The summed E-state index contributed by atoms with van der Waals surface area (Å²) in [5.74, 6) is 0.773. The monoisotopic (exact) mass is 297 g/mol. The predicted molar refractivity (Wildman–Crippen MR) is 82.8 cm³/mol. The molecule has 0 bridgehead atoms. The number of aliphatic hydroxyl groups excluding tert-OH is 2. The van der Waals surface area contributed by atoms with Gasteiger partial charge in [-0.05, 0) is 43.5 Å². The number of nitrogens with one attached hydrogen (secondary N) is 1. The molecule has 3 N–H and O–H groups in total. The van der Waals surface area contributed by atoms with Gasteiger partial charge in [-0.25, -0.2) is 0 Å². The Kier molecular flexibility index (Phi) is 8.30. The Hall–Kier alpha value is -1.14. The highest BCUT2D eigenvalue weighted by Crippen LogP contribution is 2.16. The summed E-state index contributed by atoms with van der Waals surface area (Å²) in [6.45, 7) is 5.26. The Morgan fingerprint density at radius 3 is 2.38 bits per heavy atom. The average Bonchev–Trinajstić information content (AvgIpc) is 2.42. The van der Waals surface area contributed by atoms with Crippen LogP contribution in [0.4, 0.5) is 0 Å². The summed E-state index contributed by atoms with van der Waals surface area (Å²) in [6, 6.07) is 6.02. The summed E-state index contributed by atoms with van der Waals surface area (Å²) in [7, 11) is 1.62. The van der Waals surface area contributed by atoms with Crippen molar-refractivity contribution in [2.24, 2.45) is 0 Å². The average molecular weight is 297 g/mol. The van der Waals surface area contributed by atoms with E-state index in [-0.39, 0.29) is 19.3 Å². The maximum atomic E-state index is 9.94.